The lowest BCUT2D eigenvalue weighted by Gasteiger charge is -2.32. The van der Waals surface area contributed by atoms with Gasteiger partial charge < -0.3 is 10.2 Å². The summed E-state index contributed by atoms with van der Waals surface area (Å²) in [6, 6.07) is 0. The molecule has 0 aliphatic carbocycles. The topological polar surface area (TPSA) is 47.9 Å². The van der Waals surface area contributed by atoms with Crippen molar-refractivity contribution >= 4 is 11.9 Å². The van der Waals surface area contributed by atoms with Gasteiger partial charge in [0.15, 0.2) is 0 Å². The van der Waals surface area contributed by atoms with Gasteiger partial charge in [0.1, 0.15) is 6.54 Å². The van der Waals surface area contributed by atoms with Crippen molar-refractivity contribution in [2.45, 2.75) is 6.92 Å². The minimum absolute atomic E-state index is 0.0521. The van der Waals surface area contributed by atoms with Crippen molar-refractivity contribution in [2.24, 2.45) is 4.99 Å². The summed E-state index contributed by atoms with van der Waals surface area (Å²) < 4.78 is 0. The highest BCUT2D eigenvalue weighted by molar-refractivity contribution is 6.03. The fourth-order valence-corrected chi connectivity index (χ4v) is 1.87. The number of piperazine rings is 1. The number of hydrogen-bond donors (Lipinski definition) is 1. The predicted octanol–water partition coefficient (Wildman–Crippen LogP) is -0.887. The Morgan fingerprint density at radius 2 is 2.19 bits per heavy atom. The van der Waals surface area contributed by atoms with E-state index < -0.39 is 0 Å². The van der Waals surface area contributed by atoms with Gasteiger partial charge in [0.25, 0.3) is 5.91 Å². The predicted molar refractivity (Wildman–Crippen MR) is 61.9 cm³/mol. The molecule has 1 fully saturated rings. The fraction of sp³-hybridized carbons (Fsp3) is 0.636. The number of guanidine groups is 1. The molecule has 0 aromatic carbocycles. The highest BCUT2D eigenvalue weighted by atomic mass is 16.2. The van der Waals surface area contributed by atoms with Gasteiger partial charge >= 0.3 is 0 Å². The van der Waals surface area contributed by atoms with E-state index in [0.717, 1.165) is 32.1 Å². The molecule has 0 aromatic rings. The Balaban J connectivity index is 2.05. The highest BCUT2D eigenvalue weighted by Gasteiger charge is 2.29. The van der Waals surface area contributed by atoms with Crippen molar-refractivity contribution in [3.63, 3.8) is 0 Å². The van der Waals surface area contributed by atoms with Crippen LogP contribution in [0.1, 0.15) is 6.92 Å². The molecule has 5 nitrogen and oxygen atoms in total. The van der Waals surface area contributed by atoms with E-state index in [0.29, 0.717) is 6.54 Å². The molecule has 5 heteroatoms. The van der Waals surface area contributed by atoms with Gasteiger partial charge in [-0.1, -0.05) is 5.92 Å². The molecule has 0 saturated carbocycles. The van der Waals surface area contributed by atoms with Gasteiger partial charge in [0, 0.05) is 26.2 Å². The zero-order chi connectivity index (χ0) is 11.4. The Kier molecular flexibility index (Phi) is 3.42. The molecule has 0 radical (unpaired) electrons. The van der Waals surface area contributed by atoms with Crippen LogP contribution in [0, 0.1) is 11.8 Å². The third-order valence-corrected chi connectivity index (χ3v) is 2.71. The molecule has 1 amide bonds. The zero-order valence-electron chi connectivity index (χ0n) is 9.49. The van der Waals surface area contributed by atoms with Gasteiger partial charge in [-0.25, -0.2) is 4.99 Å². The van der Waals surface area contributed by atoms with Crippen LogP contribution in [-0.2, 0) is 4.79 Å². The van der Waals surface area contributed by atoms with Crippen molar-refractivity contribution in [2.75, 3.05) is 39.3 Å². The Bertz CT molecular complexity index is 360. The lowest BCUT2D eigenvalue weighted by Crippen LogP contribution is -2.51. The molecule has 2 rings (SSSR count). The molecule has 1 saturated heterocycles. The fourth-order valence-electron chi connectivity index (χ4n) is 1.87. The smallest absolute Gasteiger partial charge is 0.251 e. The maximum absolute atomic E-state index is 11.6. The first-order valence-electron chi connectivity index (χ1n) is 5.53. The lowest BCUT2D eigenvalue weighted by atomic mass is 10.4. The average Bonchev–Trinajstić information content (AvgIpc) is 2.69. The van der Waals surface area contributed by atoms with E-state index in [1.54, 1.807) is 11.8 Å². The molecule has 1 N–H and O–H groups in total. The van der Waals surface area contributed by atoms with E-state index in [-0.39, 0.29) is 12.5 Å². The summed E-state index contributed by atoms with van der Waals surface area (Å²) in [5.41, 5.74) is 0. The van der Waals surface area contributed by atoms with Crippen LogP contribution in [0.25, 0.3) is 0 Å². The minimum Gasteiger partial charge on any atom is -0.340 e. The van der Waals surface area contributed by atoms with E-state index in [4.69, 9.17) is 0 Å². The molecule has 2 aliphatic heterocycles. The molecule has 86 valence electrons. The van der Waals surface area contributed by atoms with Crippen LogP contribution in [0.3, 0.4) is 0 Å². The Labute approximate surface area is 95.5 Å². The van der Waals surface area contributed by atoms with Crippen molar-refractivity contribution in [3.8, 4) is 11.8 Å². The number of nitrogens with zero attached hydrogens (tertiary/aromatic N) is 3. The van der Waals surface area contributed by atoms with Crippen LogP contribution in [0.15, 0.2) is 4.99 Å². The highest BCUT2D eigenvalue weighted by Crippen LogP contribution is 2.08. The first kappa shape index (κ1) is 11.0. The summed E-state index contributed by atoms with van der Waals surface area (Å²) in [7, 11) is 0. The quantitative estimate of drug-likeness (QED) is 0.583. The van der Waals surface area contributed by atoms with E-state index in [2.05, 4.69) is 27.0 Å². The number of aliphatic imine (C=N–C) groups is 1. The maximum Gasteiger partial charge on any atom is 0.251 e. The van der Waals surface area contributed by atoms with Gasteiger partial charge in [-0.05, 0) is 6.92 Å². The first-order chi connectivity index (χ1) is 7.83. The molecule has 2 heterocycles. The Hall–Kier alpha value is -1.54. The summed E-state index contributed by atoms with van der Waals surface area (Å²) in [5.74, 6) is 6.58. The average molecular weight is 220 g/mol. The lowest BCUT2D eigenvalue weighted by molar-refractivity contribution is -0.124. The Morgan fingerprint density at radius 3 is 2.88 bits per heavy atom. The summed E-state index contributed by atoms with van der Waals surface area (Å²) in [4.78, 5) is 19.8. The standard InChI is InChI=1S/C11H16N4O/c1-2-3-6-15-10(16)9-13-11(15)14-7-4-12-5-8-14/h12H,4-9H2,1H3. The second kappa shape index (κ2) is 4.99. The molecule has 0 atom stereocenters. The van der Waals surface area contributed by atoms with Crippen LogP contribution in [0.4, 0.5) is 0 Å². The molecule has 0 unspecified atom stereocenters. The van der Waals surface area contributed by atoms with Crippen molar-refractivity contribution in [1.29, 1.82) is 0 Å². The summed E-state index contributed by atoms with van der Waals surface area (Å²) in [6.45, 7) is 6.20. The van der Waals surface area contributed by atoms with Crippen LogP contribution in [0.5, 0.6) is 0 Å². The summed E-state index contributed by atoms with van der Waals surface area (Å²) in [5, 5.41) is 3.28. The van der Waals surface area contributed by atoms with Crippen LogP contribution in [-0.4, -0.2) is 60.9 Å². The van der Waals surface area contributed by atoms with Gasteiger partial charge in [0.2, 0.25) is 5.96 Å². The molecule has 16 heavy (non-hydrogen) atoms. The molecule has 2 aliphatic rings. The SMILES string of the molecule is CC#CCN1C(=O)CN=C1N1CCNCC1. The van der Waals surface area contributed by atoms with Crippen molar-refractivity contribution in [3.05, 3.63) is 0 Å². The zero-order valence-corrected chi connectivity index (χ0v) is 9.49. The van der Waals surface area contributed by atoms with E-state index in [1.807, 2.05) is 0 Å². The molecule has 0 bridgehead atoms. The van der Waals surface area contributed by atoms with Crippen LogP contribution < -0.4 is 5.32 Å². The number of hydrogen-bond acceptors (Lipinski definition) is 4. The molecular weight excluding hydrogens is 204 g/mol. The number of carbonyl (C=O) groups excluding carboxylic acids is 1. The largest absolute Gasteiger partial charge is 0.340 e. The normalized spacial score (nSPS) is 20.6. The molecule has 0 spiro atoms. The van der Waals surface area contributed by atoms with Crippen LogP contribution in [0.2, 0.25) is 0 Å². The van der Waals surface area contributed by atoms with Gasteiger partial charge in [-0.2, -0.15) is 0 Å². The number of carbonyl (C=O) groups is 1. The van der Waals surface area contributed by atoms with Crippen molar-refractivity contribution in [1.82, 2.24) is 15.1 Å². The maximum atomic E-state index is 11.6. The van der Waals surface area contributed by atoms with Gasteiger partial charge in [0.05, 0.1) is 6.54 Å². The van der Waals surface area contributed by atoms with E-state index in [1.165, 1.54) is 0 Å². The first-order valence-corrected chi connectivity index (χ1v) is 5.53. The number of amides is 1. The summed E-state index contributed by atoms with van der Waals surface area (Å²) >= 11 is 0. The minimum atomic E-state index is 0.0521. The monoisotopic (exact) mass is 220 g/mol. The second-order valence-electron chi connectivity index (χ2n) is 3.76. The molecule has 0 aromatic heterocycles. The van der Waals surface area contributed by atoms with Gasteiger partial charge in [-0.15, -0.1) is 5.92 Å². The second-order valence-corrected chi connectivity index (χ2v) is 3.76. The van der Waals surface area contributed by atoms with Crippen molar-refractivity contribution < 1.29 is 4.79 Å². The Morgan fingerprint density at radius 1 is 1.44 bits per heavy atom. The molecular formula is C11H16N4O. The third kappa shape index (κ3) is 2.17. The van der Waals surface area contributed by atoms with Gasteiger partial charge in [-0.3, -0.25) is 9.69 Å². The van der Waals surface area contributed by atoms with E-state index in [9.17, 15) is 4.79 Å². The summed E-state index contributed by atoms with van der Waals surface area (Å²) in [6.07, 6.45) is 0. The number of rotatable bonds is 1. The third-order valence-electron chi connectivity index (χ3n) is 2.71. The number of nitrogens with one attached hydrogen (secondary N) is 1. The van der Waals surface area contributed by atoms with E-state index >= 15 is 0 Å². The van der Waals surface area contributed by atoms with Crippen LogP contribution >= 0.6 is 0 Å².